The standard InChI is InChI=1S/C32H32N2O5S/c1-5-7-16-39-24-15-13-22(18-25(24)38-6-2)28-27(29(35)21-11-8-19(3)9-12-21)30(36)31(37)34(28)32-33-23-14-10-20(4)17-26(23)40-32/h8-15,17-18,28,35H,5-7,16H2,1-4H3. The molecular weight excluding hydrogens is 524 g/mol. The summed E-state index contributed by atoms with van der Waals surface area (Å²) in [5.74, 6) is -0.638. The molecular formula is C32H32N2O5S. The summed E-state index contributed by atoms with van der Waals surface area (Å²) >= 11 is 1.34. The van der Waals surface area contributed by atoms with Gasteiger partial charge in [-0.2, -0.15) is 0 Å². The number of nitrogens with zero attached hydrogens (tertiary/aromatic N) is 2. The molecule has 3 aromatic carbocycles. The Hall–Kier alpha value is -4.17. The summed E-state index contributed by atoms with van der Waals surface area (Å²) < 4.78 is 12.8. The van der Waals surface area contributed by atoms with Crippen LogP contribution < -0.4 is 14.4 Å². The number of unbranched alkanes of at least 4 members (excludes halogenated alkanes) is 1. The van der Waals surface area contributed by atoms with Gasteiger partial charge in [0.2, 0.25) is 0 Å². The van der Waals surface area contributed by atoms with Crippen LogP contribution in [0.4, 0.5) is 5.13 Å². The number of carbonyl (C=O) groups is 2. The van der Waals surface area contributed by atoms with Gasteiger partial charge < -0.3 is 14.6 Å². The van der Waals surface area contributed by atoms with Crippen LogP contribution in [0.25, 0.3) is 16.0 Å². The van der Waals surface area contributed by atoms with Crippen LogP contribution in [-0.2, 0) is 9.59 Å². The molecule has 1 aliphatic rings. The van der Waals surface area contributed by atoms with E-state index in [4.69, 9.17) is 14.5 Å². The van der Waals surface area contributed by atoms with Crippen LogP contribution >= 0.6 is 11.3 Å². The van der Waals surface area contributed by atoms with Crippen LogP contribution in [0.15, 0.2) is 66.2 Å². The maximum absolute atomic E-state index is 13.6. The second-order valence-electron chi connectivity index (χ2n) is 9.84. The molecule has 0 radical (unpaired) electrons. The van der Waals surface area contributed by atoms with Crippen molar-refractivity contribution in [3.8, 4) is 11.5 Å². The Morgan fingerprint density at radius 1 is 0.950 bits per heavy atom. The Morgan fingerprint density at radius 3 is 2.42 bits per heavy atom. The first-order chi connectivity index (χ1) is 19.3. The summed E-state index contributed by atoms with van der Waals surface area (Å²) in [6.45, 7) is 8.87. The molecule has 4 aromatic rings. The van der Waals surface area contributed by atoms with E-state index in [9.17, 15) is 14.7 Å². The average molecular weight is 557 g/mol. The third-order valence-electron chi connectivity index (χ3n) is 6.85. The van der Waals surface area contributed by atoms with Gasteiger partial charge in [-0.05, 0) is 62.6 Å². The summed E-state index contributed by atoms with van der Waals surface area (Å²) in [4.78, 5) is 33.3. The molecule has 0 saturated carbocycles. The topological polar surface area (TPSA) is 89.0 Å². The van der Waals surface area contributed by atoms with E-state index in [-0.39, 0.29) is 11.3 Å². The Kier molecular flexibility index (Phi) is 7.89. The zero-order chi connectivity index (χ0) is 28.4. The molecule has 1 fully saturated rings. The largest absolute Gasteiger partial charge is 0.507 e. The molecule has 7 nitrogen and oxygen atoms in total. The number of ketones is 1. The van der Waals surface area contributed by atoms with Crippen LogP contribution in [0.5, 0.6) is 11.5 Å². The number of hydrogen-bond acceptors (Lipinski definition) is 7. The zero-order valence-electron chi connectivity index (χ0n) is 23.1. The van der Waals surface area contributed by atoms with E-state index in [1.54, 1.807) is 24.3 Å². The SMILES string of the molecule is CCCCOc1ccc(C2C(=C(O)c3ccc(C)cc3)C(=O)C(=O)N2c2nc3ccc(C)cc3s2)cc1OCC. The van der Waals surface area contributed by atoms with Gasteiger partial charge in [0.25, 0.3) is 5.78 Å². The van der Waals surface area contributed by atoms with Gasteiger partial charge in [-0.25, -0.2) is 4.98 Å². The quantitative estimate of drug-likeness (QED) is 0.102. The van der Waals surface area contributed by atoms with Gasteiger partial charge in [-0.15, -0.1) is 0 Å². The van der Waals surface area contributed by atoms with Gasteiger partial charge in [0.05, 0.1) is 35.0 Å². The molecule has 2 heterocycles. The molecule has 8 heteroatoms. The number of Topliss-reactive ketones (excluding diaryl/α,β-unsaturated/α-hetero) is 1. The third kappa shape index (κ3) is 5.19. The number of anilines is 1. The highest BCUT2D eigenvalue weighted by Crippen LogP contribution is 2.46. The number of carbonyl (C=O) groups excluding carboxylic acids is 2. The Labute approximate surface area is 237 Å². The number of amides is 1. The Morgan fingerprint density at radius 2 is 1.70 bits per heavy atom. The normalized spacial score (nSPS) is 16.6. The minimum Gasteiger partial charge on any atom is -0.507 e. The number of rotatable bonds is 9. The lowest BCUT2D eigenvalue weighted by Gasteiger charge is -2.24. The van der Waals surface area contributed by atoms with Crippen LogP contribution in [0.3, 0.4) is 0 Å². The van der Waals surface area contributed by atoms with Gasteiger partial charge in [-0.3, -0.25) is 14.5 Å². The smallest absolute Gasteiger partial charge is 0.301 e. The van der Waals surface area contributed by atoms with Crippen molar-refractivity contribution >= 4 is 44.1 Å². The summed E-state index contributed by atoms with van der Waals surface area (Å²) in [7, 11) is 0. The van der Waals surface area contributed by atoms with E-state index in [0.29, 0.717) is 41.0 Å². The monoisotopic (exact) mass is 556 g/mol. The van der Waals surface area contributed by atoms with E-state index in [1.165, 1.54) is 16.2 Å². The highest BCUT2D eigenvalue weighted by molar-refractivity contribution is 7.22. The molecule has 0 bridgehead atoms. The number of aromatic nitrogens is 1. The highest BCUT2D eigenvalue weighted by atomic mass is 32.1. The number of aliphatic hydroxyl groups excluding tert-OH is 1. The molecule has 1 N–H and O–H groups in total. The van der Waals surface area contributed by atoms with E-state index in [0.717, 1.165) is 34.2 Å². The van der Waals surface area contributed by atoms with Gasteiger partial charge in [0.15, 0.2) is 16.6 Å². The summed E-state index contributed by atoms with van der Waals surface area (Å²) in [6, 6.07) is 17.5. The average Bonchev–Trinajstić information content (AvgIpc) is 3.47. The Balaban J connectivity index is 1.69. The van der Waals surface area contributed by atoms with Gasteiger partial charge in [0, 0.05) is 5.56 Å². The maximum Gasteiger partial charge on any atom is 0.301 e. The van der Waals surface area contributed by atoms with E-state index >= 15 is 0 Å². The van der Waals surface area contributed by atoms with Crippen molar-refractivity contribution in [2.75, 3.05) is 18.1 Å². The molecule has 206 valence electrons. The van der Waals surface area contributed by atoms with Crippen molar-refractivity contribution in [1.82, 2.24) is 4.98 Å². The van der Waals surface area contributed by atoms with Crippen molar-refractivity contribution in [3.63, 3.8) is 0 Å². The number of fused-ring (bicyclic) bond motifs is 1. The predicted molar refractivity (Wildman–Crippen MR) is 158 cm³/mol. The van der Waals surface area contributed by atoms with Gasteiger partial charge in [0.1, 0.15) is 5.76 Å². The zero-order valence-corrected chi connectivity index (χ0v) is 23.9. The minimum absolute atomic E-state index is 0.00592. The molecule has 1 atom stereocenters. The summed E-state index contributed by atoms with van der Waals surface area (Å²) in [6.07, 6.45) is 1.90. The first kappa shape index (κ1) is 27.4. The first-order valence-electron chi connectivity index (χ1n) is 13.5. The van der Waals surface area contributed by atoms with Gasteiger partial charge >= 0.3 is 5.91 Å². The lowest BCUT2D eigenvalue weighted by Crippen LogP contribution is -2.29. The highest BCUT2D eigenvalue weighted by Gasteiger charge is 2.48. The maximum atomic E-state index is 13.6. The molecule has 1 amide bonds. The number of ether oxygens (including phenoxy) is 2. The second kappa shape index (κ2) is 11.5. The molecule has 40 heavy (non-hydrogen) atoms. The third-order valence-corrected chi connectivity index (χ3v) is 7.86. The van der Waals surface area contributed by atoms with E-state index in [1.807, 2.05) is 57.2 Å². The fourth-order valence-corrected chi connectivity index (χ4v) is 5.83. The number of thiazole rings is 1. The molecule has 1 aromatic heterocycles. The number of aryl methyl sites for hydroxylation is 2. The Bertz CT molecular complexity index is 1610. The van der Waals surface area contributed by atoms with Crippen LogP contribution in [-0.4, -0.2) is 35.0 Å². The van der Waals surface area contributed by atoms with E-state index in [2.05, 4.69) is 6.92 Å². The van der Waals surface area contributed by atoms with Gasteiger partial charge in [-0.1, -0.05) is 66.6 Å². The molecule has 0 aliphatic carbocycles. The fourth-order valence-electron chi connectivity index (χ4n) is 4.74. The summed E-state index contributed by atoms with van der Waals surface area (Å²) in [5, 5.41) is 11.8. The van der Waals surface area contributed by atoms with Crippen molar-refractivity contribution < 1.29 is 24.2 Å². The molecule has 1 unspecified atom stereocenters. The van der Waals surface area contributed by atoms with Crippen LogP contribution in [0, 0.1) is 13.8 Å². The van der Waals surface area contributed by atoms with Crippen molar-refractivity contribution in [3.05, 3.63) is 88.5 Å². The minimum atomic E-state index is -0.910. The predicted octanol–water partition coefficient (Wildman–Crippen LogP) is 7.12. The molecule has 5 rings (SSSR count). The fraction of sp³-hybridized carbons (Fsp3) is 0.281. The van der Waals surface area contributed by atoms with Crippen molar-refractivity contribution in [1.29, 1.82) is 0 Å². The molecule has 0 spiro atoms. The van der Waals surface area contributed by atoms with Crippen LogP contribution in [0.1, 0.15) is 55.0 Å². The van der Waals surface area contributed by atoms with Crippen molar-refractivity contribution in [2.45, 2.75) is 46.6 Å². The van der Waals surface area contributed by atoms with Crippen molar-refractivity contribution in [2.24, 2.45) is 0 Å². The number of benzene rings is 3. The lowest BCUT2D eigenvalue weighted by molar-refractivity contribution is -0.132. The molecule has 1 saturated heterocycles. The van der Waals surface area contributed by atoms with E-state index < -0.39 is 17.7 Å². The number of aliphatic hydroxyl groups is 1. The summed E-state index contributed by atoms with van der Waals surface area (Å²) in [5.41, 5.74) is 3.89. The lowest BCUT2D eigenvalue weighted by atomic mass is 9.95. The first-order valence-corrected chi connectivity index (χ1v) is 14.3. The second-order valence-corrected chi connectivity index (χ2v) is 10.9. The number of hydrogen-bond donors (Lipinski definition) is 1. The van der Waals surface area contributed by atoms with Crippen LogP contribution in [0.2, 0.25) is 0 Å². The molecule has 1 aliphatic heterocycles.